The summed E-state index contributed by atoms with van der Waals surface area (Å²) in [5, 5.41) is 4.20. The highest BCUT2D eigenvalue weighted by Crippen LogP contribution is 2.28. The summed E-state index contributed by atoms with van der Waals surface area (Å²) in [7, 11) is -4.38. The molecular weight excluding hydrogens is 288 g/mol. The predicted octanol–water partition coefficient (Wildman–Crippen LogP) is 0.198. The summed E-state index contributed by atoms with van der Waals surface area (Å²) in [5.41, 5.74) is 0.832. The molecule has 0 spiro atoms. The first kappa shape index (κ1) is 14.7. The molecule has 9 nitrogen and oxygen atoms in total. The van der Waals surface area contributed by atoms with Gasteiger partial charge in [0.15, 0.2) is 5.65 Å². The van der Waals surface area contributed by atoms with Crippen molar-refractivity contribution in [2.75, 3.05) is 6.61 Å². The van der Waals surface area contributed by atoms with Crippen LogP contribution < -0.4 is 10.6 Å². The first-order chi connectivity index (χ1) is 9.48. The van der Waals surface area contributed by atoms with Crippen molar-refractivity contribution in [1.29, 1.82) is 0 Å². The van der Waals surface area contributed by atoms with Crippen LogP contribution in [0.25, 0.3) is 5.65 Å². The molecule has 1 aliphatic carbocycles. The van der Waals surface area contributed by atoms with Crippen LogP contribution in [0.4, 0.5) is 0 Å². The van der Waals surface area contributed by atoms with Gasteiger partial charge in [-0.15, -0.1) is 5.10 Å². The minimum Gasteiger partial charge on any atom is -0.462 e. The molecule has 3 rings (SSSR count). The molecule has 2 aromatic heterocycles. The summed E-state index contributed by atoms with van der Waals surface area (Å²) in [6, 6.07) is 6.26. The summed E-state index contributed by atoms with van der Waals surface area (Å²) in [6.45, 7) is 0.761. The van der Waals surface area contributed by atoms with Gasteiger partial charge < -0.3 is 4.74 Å². The van der Waals surface area contributed by atoms with Crippen molar-refractivity contribution < 1.29 is 22.0 Å². The van der Waals surface area contributed by atoms with E-state index in [1.807, 2.05) is 24.4 Å². The van der Waals surface area contributed by atoms with E-state index >= 15 is 0 Å². The highest BCUT2D eigenvalue weighted by atomic mass is 32.3. The average Bonchev–Trinajstić information content (AvgIpc) is 3.14. The summed E-state index contributed by atoms with van der Waals surface area (Å²) in [6.07, 6.45) is 4.44. The van der Waals surface area contributed by atoms with Crippen LogP contribution >= 0.6 is 0 Å². The number of pyridine rings is 1. The van der Waals surface area contributed by atoms with E-state index in [4.69, 9.17) is 9.29 Å². The van der Waals surface area contributed by atoms with E-state index < -0.39 is 10.4 Å². The maximum Gasteiger partial charge on any atom is 0.413 e. The lowest BCUT2D eigenvalue weighted by molar-refractivity contribution is 0.277. The van der Waals surface area contributed by atoms with Crippen LogP contribution in [0.15, 0.2) is 24.4 Å². The second-order valence-electron chi connectivity index (χ2n) is 4.18. The van der Waals surface area contributed by atoms with Crippen LogP contribution in [0.1, 0.15) is 12.8 Å². The van der Waals surface area contributed by atoms with Gasteiger partial charge in [0.1, 0.15) is 0 Å². The number of hydrogen-bond donors (Lipinski definition) is 2. The van der Waals surface area contributed by atoms with Gasteiger partial charge in [-0.3, -0.25) is 4.55 Å². The molecule has 0 saturated heterocycles. The van der Waals surface area contributed by atoms with Crippen LogP contribution in [0.2, 0.25) is 0 Å². The Morgan fingerprint density at radius 3 is 2.70 bits per heavy atom. The molecule has 0 amide bonds. The summed E-state index contributed by atoms with van der Waals surface area (Å²) >= 11 is 0. The lowest BCUT2D eigenvalue weighted by Crippen LogP contribution is -2.08. The van der Waals surface area contributed by atoms with Gasteiger partial charge in [0.2, 0.25) is 0 Å². The molecular formula is C10H14N4O5S. The Labute approximate surface area is 115 Å². The minimum absolute atomic E-state index is 0.489. The van der Waals surface area contributed by atoms with E-state index in [-0.39, 0.29) is 0 Å². The molecule has 1 saturated carbocycles. The fourth-order valence-electron chi connectivity index (χ4n) is 1.35. The van der Waals surface area contributed by atoms with Crippen molar-refractivity contribution in [1.82, 2.24) is 14.6 Å². The lowest BCUT2D eigenvalue weighted by Gasteiger charge is -1.96. The lowest BCUT2D eigenvalue weighted by atomic mass is 10.5. The van der Waals surface area contributed by atoms with Crippen LogP contribution in [0.3, 0.4) is 0 Å². The number of nitrogens with zero attached hydrogens (tertiary/aromatic N) is 3. The van der Waals surface area contributed by atoms with Gasteiger partial charge in [-0.05, 0) is 30.9 Å². The van der Waals surface area contributed by atoms with E-state index in [1.54, 1.807) is 4.52 Å². The van der Waals surface area contributed by atoms with Crippen molar-refractivity contribution in [2.45, 2.75) is 12.8 Å². The Bertz CT molecular complexity index is 634. The van der Waals surface area contributed by atoms with E-state index in [0.29, 0.717) is 6.01 Å². The molecule has 1 fully saturated rings. The second-order valence-corrected chi connectivity index (χ2v) is 5.22. The molecule has 0 aromatic carbocycles. The zero-order chi connectivity index (χ0) is 14.6. The van der Waals surface area contributed by atoms with Crippen molar-refractivity contribution >= 4 is 16.0 Å². The summed E-state index contributed by atoms with van der Waals surface area (Å²) in [4.78, 5) is 4.24. The Hall–Kier alpha value is -1.75. The van der Waals surface area contributed by atoms with Crippen LogP contribution in [0, 0.1) is 5.92 Å². The van der Waals surface area contributed by atoms with Crippen LogP contribution in [0.5, 0.6) is 6.01 Å². The summed E-state index contributed by atoms with van der Waals surface area (Å²) in [5.74, 6) is 4.71. The molecule has 0 radical (unpaired) electrons. The zero-order valence-electron chi connectivity index (χ0n) is 10.4. The number of ether oxygens (including phenoxy) is 1. The molecule has 2 aromatic rings. The molecule has 0 bridgehead atoms. The van der Waals surface area contributed by atoms with E-state index in [2.05, 4.69) is 20.3 Å². The molecule has 0 aliphatic heterocycles. The highest BCUT2D eigenvalue weighted by molar-refractivity contribution is 7.80. The Balaban J connectivity index is 0.000000212. The van der Waals surface area contributed by atoms with Crippen LogP contribution in [-0.2, 0) is 14.7 Å². The Morgan fingerprint density at radius 2 is 2.15 bits per heavy atom. The van der Waals surface area contributed by atoms with Crippen molar-refractivity contribution in [2.24, 2.45) is 11.8 Å². The Morgan fingerprint density at radius 1 is 1.45 bits per heavy atom. The topological polar surface area (TPSA) is 129 Å². The van der Waals surface area contributed by atoms with E-state index in [1.165, 1.54) is 12.8 Å². The molecule has 1 aliphatic rings. The molecule has 0 unspecified atom stereocenters. The zero-order valence-corrected chi connectivity index (χ0v) is 11.2. The van der Waals surface area contributed by atoms with Gasteiger partial charge in [-0.1, -0.05) is 6.07 Å². The van der Waals surface area contributed by atoms with Gasteiger partial charge in [0.05, 0.1) is 6.61 Å². The number of rotatable bonds is 4. The van der Waals surface area contributed by atoms with Gasteiger partial charge >= 0.3 is 16.4 Å². The third-order valence-corrected chi connectivity index (χ3v) is 2.73. The summed E-state index contributed by atoms with van der Waals surface area (Å²) < 4.78 is 36.0. The standard InChI is InChI=1S/C10H11N3O.H3NO4S/c1-2-6-13-9(3-1)11-10(12-13)14-7-8-4-5-8;1-5-6(2,3)4/h1-3,6,8H,4-5,7H2;1H2,(H,2,3,4). The highest BCUT2D eigenvalue weighted by Gasteiger charge is 2.22. The van der Waals surface area contributed by atoms with Gasteiger partial charge in [-0.25, -0.2) is 4.52 Å². The monoisotopic (exact) mass is 302 g/mol. The fraction of sp³-hybridized carbons (Fsp3) is 0.400. The first-order valence-corrected chi connectivity index (χ1v) is 7.14. The minimum atomic E-state index is -4.38. The van der Waals surface area contributed by atoms with Gasteiger partial charge in [0, 0.05) is 6.20 Å². The number of nitrogens with two attached hydrogens (primary N) is 1. The number of fused-ring (bicyclic) bond motifs is 1. The third kappa shape index (κ3) is 4.74. The third-order valence-electron chi connectivity index (χ3n) is 2.49. The smallest absolute Gasteiger partial charge is 0.413 e. The quantitative estimate of drug-likeness (QED) is 0.605. The van der Waals surface area contributed by atoms with Gasteiger partial charge in [-0.2, -0.15) is 23.6 Å². The molecule has 2 heterocycles. The maximum absolute atomic E-state index is 9.21. The molecule has 0 atom stereocenters. The normalized spacial score (nSPS) is 14.7. The van der Waals surface area contributed by atoms with Crippen molar-refractivity contribution in [3.8, 4) is 6.01 Å². The Kier molecular flexibility index (Phi) is 4.49. The van der Waals surface area contributed by atoms with E-state index in [0.717, 1.165) is 18.2 Å². The molecule has 20 heavy (non-hydrogen) atoms. The molecule has 3 N–H and O–H groups in total. The molecule has 10 heteroatoms. The van der Waals surface area contributed by atoms with Crippen molar-refractivity contribution in [3.63, 3.8) is 0 Å². The van der Waals surface area contributed by atoms with E-state index in [9.17, 15) is 8.42 Å². The SMILES string of the molecule is NOS(=O)(=O)O.c1ccn2nc(OCC3CC3)nc2c1. The van der Waals surface area contributed by atoms with Gasteiger partial charge in [0.25, 0.3) is 0 Å². The number of aromatic nitrogens is 3. The fourth-order valence-corrected chi connectivity index (χ4v) is 1.35. The van der Waals surface area contributed by atoms with Crippen LogP contribution in [-0.4, -0.2) is 34.2 Å². The average molecular weight is 302 g/mol. The molecule has 110 valence electrons. The maximum atomic E-state index is 9.21. The van der Waals surface area contributed by atoms with Crippen molar-refractivity contribution in [3.05, 3.63) is 24.4 Å². The largest absolute Gasteiger partial charge is 0.462 e. The second kappa shape index (κ2) is 6.13. The predicted molar refractivity (Wildman–Crippen MR) is 68.0 cm³/mol. The number of hydrogen-bond acceptors (Lipinski definition) is 7. The first-order valence-electron chi connectivity index (χ1n) is 5.78.